The fourth-order valence-corrected chi connectivity index (χ4v) is 3.08. The van der Waals surface area contributed by atoms with Crippen LogP contribution in [0, 0.1) is 13.8 Å². The molecule has 0 unspecified atom stereocenters. The molecule has 3 heteroatoms. The zero-order chi connectivity index (χ0) is 16.4. The Kier molecular flexibility index (Phi) is 3.95. The number of aliphatic carboxylic acids is 1. The summed E-state index contributed by atoms with van der Waals surface area (Å²) < 4.78 is 6.19. The zero-order valence-corrected chi connectivity index (χ0v) is 13.4. The van der Waals surface area contributed by atoms with E-state index in [0.29, 0.717) is 12.2 Å². The molecule has 1 aliphatic rings. The summed E-state index contributed by atoms with van der Waals surface area (Å²) in [4.78, 5) is 11.0. The lowest BCUT2D eigenvalue weighted by molar-refractivity contribution is -0.131. The van der Waals surface area contributed by atoms with Gasteiger partial charge in [-0.2, -0.15) is 0 Å². The van der Waals surface area contributed by atoms with Crippen molar-refractivity contribution in [3.63, 3.8) is 0 Å². The standard InChI is InChI=1S/C20H20O3/c1-14-3-7-16(8-4-14)20(17-9-5-15(2)6-10-17)12-11-18(23-20)13-19(21)22/h3-10,13H,11-12H2,1-2H3,(H,21,22)/b18-13+. The Hall–Kier alpha value is -2.55. The van der Waals surface area contributed by atoms with Gasteiger partial charge in [-0.25, -0.2) is 4.79 Å². The Morgan fingerprint density at radius 3 is 1.91 bits per heavy atom. The van der Waals surface area contributed by atoms with E-state index >= 15 is 0 Å². The second-order valence-electron chi connectivity index (χ2n) is 6.11. The normalized spacial score (nSPS) is 17.9. The van der Waals surface area contributed by atoms with Crippen LogP contribution in [-0.2, 0) is 15.1 Å². The summed E-state index contributed by atoms with van der Waals surface area (Å²) in [5, 5.41) is 9.00. The Labute approximate surface area is 136 Å². The molecule has 3 rings (SSSR count). The summed E-state index contributed by atoms with van der Waals surface area (Å²) in [7, 11) is 0. The number of carboxylic acid groups (broad SMARTS) is 1. The highest BCUT2D eigenvalue weighted by Gasteiger charge is 2.42. The molecule has 1 heterocycles. The summed E-state index contributed by atoms with van der Waals surface area (Å²) in [6.07, 6.45) is 2.52. The first-order valence-corrected chi connectivity index (χ1v) is 7.76. The van der Waals surface area contributed by atoms with E-state index in [2.05, 4.69) is 48.5 Å². The van der Waals surface area contributed by atoms with Crippen LogP contribution in [0.3, 0.4) is 0 Å². The van der Waals surface area contributed by atoms with E-state index in [-0.39, 0.29) is 0 Å². The molecule has 0 radical (unpaired) electrons. The van der Waals surface area contributed by atoms with E-state index in [1.165, 1.54) is 17.2 Å². The van der Waals surface area contributed by atoms with Gasteiger partial charge >= 0.3 is 5.97 Å². The maximum Gasteiger partial charge on any atom is 0.331 e. The summed E-state index contributed by atoms with van der Waals surface area (Å²) in [6.45, 7) is 4.10. The molecule has 2 aromatic rings. The minimum Gasteiger partial charge on any atom is -0.482 e. The maximum atomic E-state index is 11.0. The number of ether oxygens (including phenoxy) is 1. The molecular weight excluding hydrogens is 288 g/mol. The van der Waals surface area contributed by atoms with Crippen molar-refractivity contribution in [1.29, 1.82) is 0 Å². The largest absolute Gasteiger partial charge is 0.482 e. The third-order valence-electron chi connectivity index (χ3n) is 4.35. The average Bonchev–Trinajstić information content (AvgIpc) is 2.93. The fraction of sp³-hybridized carbons (Fsp3) is 0.250. The molecule has 1 fully saturated rings. The number of benzene rings is 2. The molecular formula is C20H20O3. The second-order valence-corrected chi connectivity index (χ2v) is 6.11. The van der Waals surface area contributed by atoms with Crippen molar-refractivity contribution < 1.29 is 14.6 Å². The van der Waals surface area contributed by atoms with Gasteiger partial charge < -0.3 is 9.84 Å². The molecule has 0 bridgehead atoms. The van der Waals surface area contributed by atoms with Crippen LogP contribution in [0.25, 0.3) is 0 Å². The molecule has 1 aliphatic heterocycles. The number of hydrogen-bond donors (Lipinski definition) is 1. The Morgan fingerprint density at radius 2 is 1.48 bits per heavy atom. The first kappa shape index (κ1) is 15.3. The lowest BCUT2D eigenvalue weighted by Crippen LogP contribution is -2.26. The molecule has 0 amide bonds. The highest BCUT2D eigenvalue weighted by molar-refractivity contribution is 5.80. The van der Waals surface area contributed by atoms with E-state index in [4.69, 9.17) is 9.84 Å². The fourth-order valence-electron chi connectivity index (χ4n) is 3.08. The second kappa shape index (κ2) is 5.92. The van der Waals surface area contributed by atoms with Crippen molar-refractivity contribution in [3.8, 4) is 0 Å². The van der Waals surface area contributed by atoms with Crippen LogP contribution >= 0.6 is 0 Å². The van der Waals surface area contributed by atoms with Gasteiger partial charge in [0, 0.05) is 12.8 Å². The number of carboxylic acids is 1. The first-order chi connectivity index (χ1) is 11.0. The van der Waals surface area contributed by atoms with Gasteiger partial charge in [0.15, 0.2) is 5.60 Å². The van der Waals surface area contributed by atoms with Crippen LogP contribution in [0.1, 0.15) is 35.1 Å². The molecule has 0 saturated carbocycles. The molecule has 118 valence electrons. The van der Waals surface area contributed by atoms with E-state index in [1.54, 1.807) is 0 Å². The zero-order valence-electron chi connectivity index (χ0n) is 13.4. The predicted octanol–water partition coefficient (Wildman–Crippen LogP) is 4.33. The molecule has 0 aliphatic carbocycles. The topological polar surface area (TPSA) is 46.5 Å². The van der Waals surface area contributed by atoms with Crippen molar-refractivity contribution in [1.82, 2.24) is 0 Å². The van der Waals surface area contributed by atoms with Crippen LogP contribution in [0.15, 0.2) is 60.4 Å². The van der Waals surface area contributed by atoms with Gasteiger partial charge in [-0.15, -0.1) is 0 Å². The van der Waals surface area contributed by atoms with Crippen molar-refractivity contribution in [3.05, 3.63) is 82.6 Å². The minimum absolute atomic E-state index is 0.527. The van der Waals surface area contributed by atoms with Crippen LogP contribution < -0.4 is 0 Å². The summed E-state index contributed by atoms with van der Waals surface area (Å²) in [6, 6.07) is 16.5. The molecule has 0 atom stereocenters. The van der Waals surface area contributed by atoms with Gasteiger partial charge in [-0.3, -0.25) is 0 Å². The van der Waals surface area contributed by atoms with E-state index in [9.17, 15) is 4.79 Å². The third kappa shape index (κ3) is 3.00. The van der Waals surface area contributed by atoms with Crippen LogP contribution in [0.5, 0.6) is 0 Å². The minimum atomic E-state index is -0.969. The van der Waals surface area contributed by atoms with Gasteiger partial charge in [0.1, 0.15) is 5.76 Å². The smallest absolute Gasteiger partial charge is 0.331 e. The van der Waals surface area contributed by atoms with Crippen LogP contribution in [0.4, 0.5) is 0 Å². The molecule has 3 nitrogen and oxygen atoms in total. The van der Waals surface area contributed by atoms with Crippen LogP contribution in [0.2, 0.25) is 0 Å². The predicted molar refractivity (Wildman–Crippen MR) is 89.2 cm³/mol. The Morgan fingerprint density at radius 1 is 1.00 bits per heavy atom. The number of rotatable bonds is 3. The monoisotopic (exact) mass is 308 g/mol. The highest BCUT2D eigenvalue weighted by Crippen LogP contribution is 2.46. The highest BCUT2D eigenvalue weighted by atomic mass is 16.5. The van der Waals surface area contributed by atoms with E-state index in [0.717, 1.165) is 17.5 Å². The van der Waals surface area contributed by atoms with Crippen LogP contribution in [-0.4, -0.2) is 11.1 Å². The van der Waals surface area contributed by atoms with Crippen molar-refractivity contribution in [2.75, 3.05) is 0 Å². The summed E-state index contributed by atoms with van der Waals surface area (Å²) >= 11 is 0. The molecule has 23 heavy (non-hydrogen) atoms. The SMILES string of the molecule is Cc1ccc(C2(c3ccc(C)cc3)CC/C(=C\C(=O)O)O2)cc1. The summed E-state index contributed by atoms with van der Waals surface area (Å²) in [5.41, 5.74) is 3.88. The number of allylic oxidation sites excluding steroid dienone is 1. The van der Waals surface area contributed by atoms with Crippen molar-refractivity contribution in [2.45, 2.75) is 32.3 Å². The van der Waals surface area contributed by atoms with Crippen molar-refractivity contribution in [2.24, 2.45) is 0 Å². The summed E-state index contributed by atoms with van der Waals surface area (Å²) in [5.74, 6) is -0.442. The van der Waals surface area contributed by atoms with Gasteiger partial charge in [0.2, 0.25) is 0 Å². The average molecular weight is 308 g/mol. The first-order valence-electron chi connectivity index (χ1n) is 7.76. The molecule has 0 spiro atoms. The van der Waals surface area contributed by atoms with Gasteiger partial charge in [-0.05, 0) is 25.0 Å². The number of hydrogen-bond acceptors (Lipinski definition) is 2. The maximum absolute atomic E-state index is 11.0. The third-order valence-corrected chi connectivity index (χ3v) is 4.35. The molecule has 2 aromatic carbocycles. The lowest BCUT2D eigenvalue weighted by Gasteiger charge is -2.30. The number of aryl methyl sites for hydroxylation is 2. The Balaban J connectivity index is 2.09. The van der Waals surface area contributed by atoms with Crippen molar-refractivity contribution >= 4 is 5.97 Å². The van der Waals surface area contributed by atoms with E-state index in [1.807, 2.05) is 13.8 Å². The Bertz CT molecular complexity index is 694. The number of carbonyl (C=O) groups is 1. The molecule has 1 saturated heterocycles. The van der Waals surface area contributed by atoms with Gasteiger partial charge in [0.25, 0.3) is 0 Å². The quantitative estimate of drug-likeness (QED) is 0.859. The molecule has 1 N–H and O–H groups in total. The van der Waals surface area contributed by atoms with Gasteiger partial charge in [0.05, 0.1) is 6.08 Å². The van der Waals surface area contributed by atoms with E-state index < -0.39 is 11.6 Å². The lowest BCUT2D eigenvalue weighted by atomic mass is 9.83. The van der Waals surface area contributed by atoms with Gasteiger partial charge in [-0.1, -0.05) is 59.7 Å². The molecule has 0 aromatic heterocycles.